The van der Waals surface area contributed by atoms with Gasteiger partial charge in [-0.05, 0) is 60.7 Å². The molecule has 10 unspecified atom stereocenters. The molecule has 0 aliphatic carbocycles. The van der Waals surface area contributed by atoms with Crippen molar-refractivity contribution < 1.29 is 218 Å². The molecule has 25 N–H and O–H groups in total. The van der Waals surface area contributed by atoms with E-state index in [0.717, 1.165) is 0 Å². The maximum atomic E-state index is 15.4. The largest absolute Gasteiger partial charge is 0.504 e. The van der Waals surface area contributed by atoms with Crippen molar-refractivity contribution in [1.29, 1.82) is 0 Å². The summed E-state index contributed by atoms with van der Waals surface area (Å²) >= 11 is 0. The normalized spacial score (nSPS) is 20.7. The smallest absolute Gasteiger partial charge is 0.342 e. The Morgan fingerprint density at radius 1 is 0.295 bits per heavy atom. The molecule has 8 aromatic carbocycles. The molecule has 12 rings (SSSR count). The molecule has 4 heterocycles. The number of ether oxygens (including phenoxy) is 11. The van der Waals surface area contributed by atoms with Crippen molar-refractivity contribution in [3.8, 4) is 166 Å². The van der Waals surface area contributed by atoms with Gasteiger partial charge in [0, 0.05) is 28.3 Å². The molecule has 4 aliphatic rings. The molecule has 2 fully saturated rings. The van der Waals surface area contributed by atoms with Crippen LogP contribution in [-0.2, 0) is 47.4 Å². The number of cyclic esters (lactones) is 2. The van der Waals surface area contributed by atoms with Crippen LogP contribution in [0.3, 0.4) is 0 Å². The van der Waals surface area contributed by atoms with Crippen LogP contribution in [0.15, 0.2) is 66.7 Å². The molecule has 44 nitrogen and oxygen atoms in total. The standard InChI is InChI=1S/C68H50O44/c69-22-1-14(2-23(70)39(22)80)59(92)109-55-52-33(104-67(100)57(55)111-61(94)16-5-26(73)41(82)27(74)6-16)13-103-63(96)18-8-29(76)44(85)49(90)37(18)38-20(65(98)108-52)10-32(79)46(87)54(38)106-51-21(11-31(78)45(86)50(51)91)66(99)112-58-56(110-60(93)15-3-24(71)40(81)25(72)4-15)53-34(105-68(58)101)12-102-62(95)17-7-28(75)42(83)47(88)35(17)36-19(64(97)107-53)9-30(77)43(84)48(36)89/h1-11,33-34,52-53,55-58,67-91,100-101H,12-13H2. The minimum Gasteiger partial charge on any atom is -0.504 e. The lowest BCUT2D eigenvalue weighted by Gasteiger charge is -2.42. The molecule has 0 bridgehead atoms. The second-order valence-corrected chi connectivity index (χ2v) is 24.3. The third kappa shape index (κ3) is 13.2. The molecule has 0 radical (unpaired) electrons. The van der Waals surface area contributed by atoms with E-state index in [4.69, 9.17) is 52.1 Å². The zero-order valence-corrected chi connectivity index (χ0v) is 55.0. The Morgan fingerprint density at radius 3 is 0.929 bits per heavy atom. The Bertz CT molecular complexity index is 5320. The summed E-state index contributed by atoms with van der Waals surface area (Å²) in [4.78, 5) is 116. The van der Waals surface area contributed by atoms with E-state index in [0.29, 0.717) is 48.5 Å². The summed E-state index contributed by atoms with van der Waals surface area (Å²) in [6.45, 7) is -2.81. The Kier molecular flexibility index (Phi) is 19.3. The van der Waals surface area contributed by atoms with Crippen molar-refractivity contribution in [3.63, 3.8) is 0 Å². The van der Waals surface area contributed by atoms with Gasteiger partial charge in [-0.15, -0.1) is 0 Å². The lowest BCUT2D eigenvalue weighted by Crippen LogP contribution is -2.62. The first kappa shape index (κ1) is 76.2. The highest BCUT2D eigenvalue weighted by atomic mass is 16.7. The van der Waals surface area contributed by atoms with E-state index in [1.165, 1.54) is 0 Å². The number of aromatic hydroxyl groups is 23. The van der Waals surface area contributed by atoms with Crippen LogP contribution in [0.4, 0.5) is 0 Å². The van der Waals surface area contributed by atoms with E-state index in [-0.39, 0.29) is 18.2 Å². The highest BCUT2D eigenvalue weighted by molar-refractivity contribution is 6.10. The average Bonchev–Trinajstić information content (AvgIpc) is 1.06. The van der Waals surface area contributed by atoms with Crippen molar-refractivity contribution in [2.45, 2.75) is 61.4 Å². The van der Waals surface area contributed by atoms with E-state index in [2.05, 4.69) is 0 Å². The SMILES string of the molecule is O=C(OC1C(O)OC2COC(=O)c3cc(O)c(O)c(O)c3-c3c(cc(O)c(O)c3Oc3c(C(=O)OC4C(O)OC5COC(=O)c6cc(O)c(O)c(O)c6-c6c(cc(O)c(O)c6O)C(=O)OC5C4OC(=O)c4cc(O)c(O)c(O)c4)cc(O)c(O)c3O)C(=O)OC2C1OC(=O)c1cc(O)c(O)c(O)c1)c1cc(O)c(O)c(O)c1. The van der Waals surface area contributed by atoms with Crippen LogP contribution in [0.2, 0.25) is 0 Å². The third-order valence-corrected chi connectivity index (χ3v) is 17.4. The van der Waals surface area contributed by atoms with Crippen LogP contribution in [0.5, 0.6) is 144 Å². The van der Waals surface area contributed by atoms with Crippen LogP contribution in [0, 0.1) is 0 Å². The number of benzene rings is 8. The fourth-order valence-electron chi connectivity index (χ4n) is 11.9. The number of phenols is 23. The minimum absolute atomic E-state index is 0.0924. The number of phenolic OH excluding ortho intramolecular Hbond substituents is 23. The summed E-state index contributed by atoms with van der Waals surface area (Å²) in [6, 6.07) is 3.97. The van der Waals surface area contributed by atoms with E-state index >= 15 is 9.59 Å². The minimum atomic E-state index is -2.94. The molecule has 2 saturated heterocycles. The topological polar surface area (TPSA) is 744 Å². The van der Waals surface area contributed by atoms with Gasteiger partial charge in [0.2, 0.25) is 34.5 Å². The van der Waals surface area contributed by atoms with Crippen molar-refractivity contribution in [1.82, 2.24) is 0 Å². The first-order valence-electron chi connectivity index (χ1n) is 31.1. The van der Waals surface area contributed by atoms with Gasteiger partial charge in [-0.2, -0.15) is 0 Å². The fourth-order valence-corrected chi connectivity index (χ4v) is 11.9. The molecule has 4 aliphatic heterocycles. The van der Waals surface area contributed by atoms with E-state index in [1.807, 2.05) is 0 Å². The number of hydrogen-bond donors (Lipinski definition) is 25. The molecule has 0 aromatic heterocycles. The molecule has 10 atom stereocenters. The van der Waals surface area contributed by atoms with Gasteiger partial charge in [-0.25, -0.2) is 38.4 Å². The molecule has 0 saturated carbocycles. The second-order valence-electron chi connectivity index (χ2n) is 24.3. The maximum Gasteiger partial charge on any atom is 0.342 e. The molecular weight excluding hydrogens is 1520 g/mol. The molecule has 0 spiro atoms. The number of carbonyl (C=O) groups excluding carboxylic acids is 8. The first-order valence-corrected chi connectivity index (χ1v) is 31.1. The lowest BCUT2D eigenvalue weighted by atomic mass is 9.91. The molecule has 112 heavy (non-hydrogen) atoms. The number of aliphatic hydroxyl groups excluding tert-OH is 2. The summed E-state index contributed by atoms with van der Waals surface area (Å²) in [7, 11) is 0. The van der Waals surface area contributed by atoms with Gasteiger partial charge in [0.25, 0.3) is 0 Å². The van der Waals surface area contributed by atoms with Crippen LogP contribution in [-0.4, -0.2) is 250 Å². The number of hydrogen-bond acceptors (Lipinski definition) is 44. The summed E-state index contributed by atoms with van der Waals surface area (Å²) in [5.41, 5.74) is -14.8. The van der Waals surface area contributed by atoms with Crippen molar-refractivity contribution in [2.75, 3.05) is 13.2 Å². The average molecular weight is 1570 g/mol. The molecule has 8 aromatic rings. The lowest BCUT2D eigenvalue weighted by molar-refractivity contribution is -0.284. The first-order chi connectivity index (χ1) is 52.7. The summed E-state index contributed by atoms with van der Waals surface area (Å²) in [5.74, 6) is -52.1. The quantitative estimate of drug-likeness (QED) is 0.0527. The second kappa shape index (κ2) is 28.4. The van der Waals surface area contributed by atoms with E-state index < -0.39 is 333 Å². The predicted octanol–water partition coefficient (Wildman–Crippen LogP) is 1.77. The molecule has 44 heteroatoms. The van der Waals surface area contributed by atoms with Crippen LogP contribution >= 0.6 is 0 Å². The number of fused-ring (bicyclic) bond motifs is 8. The van der Waals surface area contributed by atoms with Gasteiger partial charge in [0.15, 0.2) is 158 Å². The monoisotopic (exact) mass is 1570 g/mol. The van der Waals surface area contributed by atoms with Gasteiger partial charge in [-0.3, -0.25) is 0 Å². The Labute approximate surface area is 616 Å². The summed E-state index contributed by atoms with van der Waals surface area (Å²) in [6.07, 6.45) is -26.6. The fraction of sp³-hybridized carbons (Fsp3) is 0.176. The zero-order valence-electron chi connectivity index (χ0n) is 55.0. The van der Waals surface area contributed by atoms with Crippen LogP contribution in [0.25, 0.3) is 22.3 Å². The number of aliphatic hydroxyl groups is 2. The highest BCUT2D eigenvalue weighted by Crippen LogP contribution is 2.58. The van der Waals surface area contributed by atoms with E-state index in [9.17, 15) is 156 Å². The van der Waals surface area contributed by atoms with Gasteiger partial charge < -0.3 is 180 Å². The Morgan fingerprint density at radius 2 is 0.571 bits per heavy atom. The van der Waals surface area contributed by atoms with E-state index in [1.54, 1.807) is 0 Å². The number of rotatable bonds is 10. The van der Waals surface area contributed by atoms with Gasteiger partial charge in [0.05, 0.1) is 38.9 Å². The molecule has 586 valence electrons. The number of esters is 8. The highest BCUT2D eigenvalue weighted by Gasteiger charge is 2.56. The van der Waals surface area contributed by atoms with Crippen molar-refractivity contribution in [3.05, 3.63) is 111 Å². The maximum absolute atomic E-state index is 15.4. The van der Waals surface area contributed by atoms with Crippen molar-refractivity contribution >= 4 is 47.8 Å². The molecule has 0 amide bonds. The third-order valence-electron chi connectivity index (χ3n) is 17.4. The Balaban J connectivity index is 0.994. The zero-order chi connectivity index (χ0) is 81.7. The Hall–Kier alpha value is -15.4. The van der Waals surface area contributed by atoms with Crippen LogP contribution < -0.4 is 4.74 Å². The predicted molar refractivity (Wildman–Crippen MR) is 345 cm³/mol. The molecular formula is C68H50O44. The summed E-state index contributed by atoms with van der Waals surface area (Å²) in [5, 5.41) is 272. The van der Waals surface area contributed by atoms with Crippen LogP contribution in [0.1, 0.15) is 82.9 Å². The number of carbonyl (C=O) groups is 8. The van der Waals surface area contributed by atoms with Crippen molar-refractivity contribution in [2.24, 2.45) is 0 Å². The van der Waals surface area contributed by atoms with Gasteiger partial charge in [-0.1, -0.05) is 0 Å². The van der Waals surface area contributed by atoms with Gasteiger partial charge >= 0.3 is 47.8 Å². The van der Waals surface area contributed by atoms with Gasteiger partial charge in [0.1, 0.15) is 31.0 Å². The summed E-state index contributed by atoms with van der Waals surface area (Å²) < 4.78 is 61.4.